The van der Waals surface area contributed by atoms with E-state index in [4.69, 9.17) is 16.7 Å². The van der Waals surface area contributed by atoms with Crippen molar-refractivity contribution in [1.82, 2.24) is 0 Å². The molecule has 0 radical (unpaired) electrons. The van der Waals surface area contributed by atoms with E-state index in [2.05, 4.69) is 13.0 Å². The second-order valence-corrected chi connectivity index (χ2v) is 5.57. The lowest BCUT2D eigenvalue weighted by atomic mass is 10.2. The van der Waals surface area contributed by atoms with Crippen LogP contribution in [0.2, 0.25) is 5.02 Å². The summed E-state index contributed by atoms with van der Waals surface area (Å²) in [6, 6.07) is 12.8. The third-order valence-corrected chi connectivity index (χ3v) is 4.24. The van der Waals surface area contributed by atoms with E-state index in [9.17, 15) is 4.79 Å². The molecule has 0 saturated carbocycles. The molecule has 0 bridgehead atoms. The summed E-state index contributed by atoms with van der Waals surface area (Å²) in [6.45, 7) is 2.09. The van der Waals surface area contributed by atoms with Gasteiger partial charge >= 0.3 is 5.97 Å². The molecule has 0 aromatic heterocycles. The molecule has 0 atom stereocenters. The summed E-state index contributed by atoms with van der Waals surface area (Å²) in [5.74, 6) is -0.915. The summed E-state index contributed by atoms with van der Waals surface area (Å²) >= 11 is 7.75. The zero-order valence-corrected chi connectivity index (χ0v) is 12.0. The molecule has 0 aliphatic carbocycles. The number of aryl methyl sites for hydroxylation is 1. The van der Waals surface area contributed by atoms with E-state index in [0.29, 0.717) is 0 Å². The van der Waals surface area contributed by atoms with E-state index in [-0.39, 0.29) is 5.56 Å². The van der Waals surface area contributed by atoms with Gasteiger partial charge in [-0.1, -0.05) is 36.4 Å². The van der Waals surface area contributed by atoms with Crippen molar-refractivity contribution in [2.75, 3.05) is 0 Å². The zero-order chi connectivity index (χ0) is 13.8. The Morgan fingerprint density at radius 2 is 1.89 bits per heavy atom. The molecule has 0 saturated heterocycles. The maximum Gasteiger partial charge on any atom is 0.335 e. The van der Waals surface area contributed by atoms with Crippen LogP contribution in [0.15, 0.2) is 52.3 Å². The Hall–Kier alpha value is -1.45. The predicted molar refractivity (Wildman–Crippen MR) is 78.4 cm³/mol. The van der Waals surface area contributed by atoms with Crippen LogP contribution >= 0.6 is 23.4 Å². The topological polar surface area (TPSA) is 37.3 Å². The standard InChI is InChI=1S/C15H13ClO2S/c1-2-10-3-8-14(13(16)9-10)19-12-6-4-11(5-7-12)15(17)18/h3-9H,2H2,1H3,(H,17,18). The van der Waals surface area contributed by atoms with Gasteiger partial charge in [0.05, 0.1) is 10.6 Å². The number of aromatic carboxylic acids is 1. The fourth-order valence-electron chi connectivity index (χ4n) is 1.64. The molecule has 2 aromatic carbocycles. The highest BCUT2D eigenvalue weighted by Gasteiger charge is 2.06. The van der Waals surface area contributed by atoms with Gasteiger partial charge in [0.2, 0.25) is 0 Å². The lowest BCUT2D eigenvalue weighted by Crippen LogP contribution is -1.94. The lowest BCUT2D eigenvalue weighted by Gasteiger charge is -2.06. The van der Waals surface area contributed by atoms with Gasteiger partial charge < -0.3 is 5.11 Å². The van der Waals surface area contributed by atoms with E-state index in [0.717, 1.165) is 21.2 Å². The molecule has 4 heteroatoms. The van der Waals surface area contributed by atoms with E-state index in [1.54, 1.807) is 24.3 Å². The quantitative estimate of drug-likeness (QED) is 0.883. The van der Waals surface area contributed by atoms with Crippen molar-refractivity contribution < 1.29 is 9.90 Å². The molecule has 98 valence electrons. The van der Waals surface area contributed by atoms with Crippen molar-refractivity contribution in [3.05, 3.63) is 58.6 Å². The minimum atomic E-state index is -0.915. The minimum absolute atomic E-state index is 0.289. The second kappa shape index (κ2) is 6.13. The fraction of sp³-hybridized carbons (Fsp3) is 0.133. The zero-order valence-electron chi connectivity index (χ0n) is 10.4. The van der Waals surface area contributed by atoms with Gasteiger partial charge in [0.1, 0.15) is 0 Å². The van der Waals surface area contributed by atoms with Crippen LogP contribution in [0.25, 0.3) is 0 Å². The maximum absolute atomic E-state index is 10.8. The maximum atomic E-state index is 10.8. The third kappa shape index (κ3) is 3.52. The van der Waals surface area contributed by atoms with Crippen LogP contribution in [0, 0.1) is 0 Å². The normalized spacial score (nSPS) is 10.4. The van der Waals surface area contributed by atoms with Crippen LogP contribution in [0.3, 0.4) is 0 Å². The molecule has 0 fully saturated rings. The fourth-order valence-corrected chi connectivity index (χ4v) is 2.78. The van der Waals surface area contributed by atoms with Crippen molar-refractivity contribution in [2.24, 2.45) is 0 Å². The molecule has 0 amide bonds. The van der Waals surface area contributed by atoms with Gasteiger partial charge in [0, 0.05) is 9.79 Å². The number of hydrogen-bond acceptors (Lipinski definition) is 2. The molecule has 0 heterocycles. The van der Waals surface area contributed by atoms with Crippen LogP contribution in [0.4, 0.5) is 0 Å². The summed E-state index contributed by atoms with van der Waals surface area (Å²) in [5, 5.41) is 9.57. The Balaban J connectivity index is 2.19. The van der Waals surface area contributed by atoms with Crippen LogP contribution in [0.5, 0.6) is 0 Å². The first-order valence-corrected chi connectivity index (χ1v) is 7.09. The van der Waals surface area contributed by atoms with Gasteiger partial charge in [0.15, 0.2) is 0 Å². The Morgan fingerprint density at radius 3 is 2.42 bits per heavy atom. The lowest BCUT2D eigenvalue weighted by molar-refractivity contribution is 0.0697. The number of carboxylic acid groups (broad SMARTS) is 1. The van der Waals surface area contributed by atoms with Gasteiger partial charge in [-0.05, 0) is 48.4 Å². The smallest absolute Gasteiger partial charge is 0.335 e. The van der Waals surface area contributed by atoms with E-state index >= 15 is 0 Å². The first-order chi connectivity index (χ1) is 9.10. The molecule has 0 aliphatic rings. The average Bonchev–Trinajstić information content (AvgIpc) is 2.41. The largest absolute Gasteiger partial charge is 0.478 e. The highest BCUT2D eigenvalue weighted by Crippen LogP contribution is 2.33. The SMILES string of the molecule is CCc1ccc(Sc2ccc(C(=O)O)cc2)c(Cl)c1. The monoisotopic (exact) mass is 292 g/mol. The Bertz CT molecular complexity index is 594. The molecule has 2 nitrogen and oxygen atoms in total. The van der Waals surface area contributed by atoms with Crippen LogP contribution < -0.4 is 0 Å². The van der Waals surface area contributed by atoms with Gasteiger partial charge in [-0.2, -0.15) is 0 Å². The van der Waals surface area contributed by atoms with Gasteiger partial charge in [-0.3, -0.25) is 0 Å². The molecule has 2 rings (SSSR count). The van der Waals surface area contributed by atoms with Crippen LogP contribution in [0.1, 0.15) is 22.8 Å². The molecule has 0 aliphatic heterocycles. The van der Waals surface area contributed by atoms with Gasteiger partial charge in [0.25, 0.3) is 0 Å². The van der Waals surface area contributed by atoms with Crippen molar-refractivity contribution in [2.45, 2.75) is 23.1 Å². The number of hydrogen-bond donors (Lipinski definition) is 1. The van der Waals surface area contributed by atoms with E-state index in [1.165, 1.54) is 17.3 Å². The molecule has 0 unspecified atom stereocenters. The second-order valence-electron chi connectivity index (χ2n) is 4.05. The molecular formula is C15H13ClO2S. The number of rotatable bonds is 4. The van der Waals surface area contributed by atoms with E-state index < -0.39 is 5.97 Å². The van der Waals surface area contributed by atoms with Gasteiger partial charge in [-0.15, -0.1) is 0 Å². The first-order valence-electron chi connectivity index (χ1n) is 5.90. The molecule has 19 heavy (non-hydrogen) atoms. The predicted octanol–water partition coefficient (Wildman–Crippen LogP) is 4.75. The number of carbonyl (C=O) groups is 1. The Morgan fingerprint density at radius 1 is 1.21 bits per heavy atom. The van der Waals surface area contributed by atoms with Gasteiger partial charge in [-0.25, -0.2) is 4.79 Å². The summed E-state index contributed by atoms with van der Waals surface area (Å²) in [7, 11) is 0. The van der Waals surface area contributed by atoms with Crippen molar-refractivity contribution in [3.8, 4) is 0 Å². The number of halogens is 1. The molecule has 1 N–H and O–H groups in total. The van der Waals surface area contributed by atoms with E-state index in [1.807, 2.05) is 12.1 Å². The van der Waals surface area contributed by atoms with Crippen molar-refractivity contribution in [3.63, 3.8) is 0 Å². The van der Waals surface area contributed by atoms with Crippen LogP contribution in [-0.4, -0.2) is 11.1 Å². The highest BCUT2D eigenvalue weighted by molar-refractivity contribution is 7.99. The highest BCUT2D eigenvalue weighted by atomic mass is 35.5. The molecular weight excluding hydrogens is 280 g/mol. The minimum Gasteiger partial charge on any atom is -0.478 e. The van der Waals surface area contributed by atoms with Crippen LogP contribution in [-0.2, 0) is 6.42 Å². The number of benzene rings is 2. The Kier molecular flexibility index (Phi) is 4.51. The van der Waals surface area contributed by atoms with Crippen molar-refractivity contribution >= 4 is 29.3 Å². The van der Waals surface area contributed by atoms with Crippen molar-refractivity contribution in [1.29, 1.82) is 0 Å². The summed E-state index contributed by atoms with van der Waals surface area (Å²) in [4.78, 5) is 12.7. The molecule has 0 spiro atoms. The average molecular weight is 293 g/mol. The summed E-state index contributed by atoms with van der Waals surface area (Å²) < 4.78 is 0. The third-order valence-electron chi connectivity index (χ3n) is 2.73. The number of carboxylic acids is 1. The summed E-state index contributed by atoms with van der Waals surface area (Å²) in [5.41, 5.74) is 1.49. The molecule has 2 aromatic rings. The first kappa shape index (κ1) is 14.0. The Labute approximate surface area is 121 Å². The summed E-state index contributed by atoms with van der Waals surface area (Å²) in [6.07, 6.45) is 0.956.